The molecule has 0 saturated heterocycles. The van der Waals surface area contributed by atoms with E-state index in [1.54, 1.807) is 7.11 Å². The standard InChI is InChI=1S/C19H33N5O3/c1-6-11-20-17(24-15-12-16(23-15)26-5)21-13-7-9-14(10-8-13)22-18(25)27-19(2,3)4/h11-15,23H,6-10H2,1-5H3,(H,21,24)(H,22,25)/b20-11-. The lowest BCUT2D eigenvalue weighted by Gasteiger charge is -2.31. The Balaban J connectivity index is 1.81. The highest BCUT2D eigenvalue weighted by Crippen LogP contribution is 2.20. The summed E-state index contributed by atoms with van der Waals surface area (Å²) in [6, 6.07) is 0.443. The van der Waals surface area contributed by atoms with Crippen LogP contribution in [0.1, 0.15) is 59.8 Å². The first-order chi connectivity index (χ1) is 12.8. The number of methoxy groups -OCH3 is 1. The Morgan fingerprint density at radius 1 is 1.26 bits per heavy atom. The quantitative estimate of drug-likeness (QED) is 0.504. The fourth-order valence-electron chi connectivity index (χ4n) is 2.94. The molecule has 152 valence electrons. The summed E-state index contributed by atoms with van der Waals surface area (Å²) in [5.74, 6) is 1.36. The Bertz CT molecular complexity index is 587. The van der Waals surface area contributed by atoms with Gasteiger partial charge >= 0.3 is 6.09 Å². The number of hydrogen-bond donors (Lipinski definition) is 3. The van der Waals surface area contributed by atoms with Crippen LogP contribution in [0.3, 0.4) is 0 Å². The van der Waals surface area contributed by atoms with Crippen molar-refractivity contribution in [3.8, 4) is 0 Å². The Kier molecular flexibility index (Phi) is 7.50. The van der Waals surface area contributed by atoms with Crippen molar-refractivity contribution in [3.05, 3.63) is 12.0 Å². The van der Waals surface area contributed by atoms with Crippen molar-refractivity contribution in [2.45, 2.75) is 83.6 Å². The molecule has 1 saturated carbocycles. The van der Waals surface area contributed by atoms with Gasteiger partial charge in [-0.3, -0.25) is 0 Å². The lowest BCUT2D eigenvalue weighted by Crippen LogP contribution is -2.45. The smallest absolute Gasteiger partial charge is 0.407 e. The van der Waals surface area contributed by atoms with Crippen molar-refractivity contribution >= 4 is 18.3 Å². The van der Waals surface area contributed by atoms with Crippen LogP contribution in [0.5, 0.6) is 0 Å². The van der Waals surface area contributed by atoms with Gasteiger partial charge in [-0.05, 0) is 52.9 Å². The molecule has 0 spiro atoms. The number of carbonyl (C=O) groups is 1. The first kappa shape index (κ1) is 21.1. The summed E-state index contributed by atoms with van der Waals surface area (Å²) in [6.45, 7) is 7.64. The van der Waals surface area contributed by atoms with Crippen LogP contribution in [-0.4, -0.2) is 49.2 Å². The molecule has 1 fully saturated rings. The number of carbonyl (C=O) groups excluding carboxylic acids is 1. The number of rotatable bonds is 5. The van der Waals surface area contributed by atoms with Gasteiger partial charge in [-0.25, -0.2) is 14.8 Å². The summed E-state index contributed by atoms with van der Waals surface area (Å²) >= 11 is 0. The van der Waals surface area contributed by atoms with Crippen LogP contribution in [0.25, 0.3) is 0 Å². The highest BCUT2D eigenvalue weighted by Gasteiger charge is 2.26. The third kappa shape index (κ3) is 7.48. The summed E-state index contributed by atoms with van der Waals surface area (Å²) in [4.78, 5) is 20.9. The Morgan fingerprint density at radius 2 is 1.85 bits per heavy atom. The molecular formula is C19H33N5O3. The van der Waals surface area contributed by atoms with Gasteiger partial charge in [-0.2, -0.15) is 0 Å². The van der Waals surface area contributed by atoms with Gasteiger partial charge in [0.25, 0.3) is 0 Å². The summed E-state index contributed by atoms with van der Waals surface area (Å²) < 4.78 is 10.4. The molecule has 8 heteroatoms. The molecule has 0 aromatic carbocycles. The first-order valence-corrected chi connectivity index (χ1v) is 9.67. The highest BCUT2D eigenvalue weighted by molar-refractivity contribution is 5.88. The molecule has 3 N–H and O–H groups in total. The Labute approximate surface area is 161 Å². The lowest BCUT2D eigenvalue weighted by molar-refractivity contribution is 0.0490. The molecule has 0 bridgehead atoms. The zero-order valence-electron chi connectivity index (χ0n) is 17.0. The number of nitrogens with one attached hydrogen (secondary N) is 3. The average Bonchev–Trinajstić information content (AvgIpc) is 2.55. The van der Waals surface area contributed by atoms with Crippen LogP contribution in [0.2, 0.25) is 0 Å². The molecule has 27 heavy (non-hydrogen) atoms. The van der Waals surface area contributed by atoms with E-state index in [9.17, 15) is 4.79 Å². The normalized spacial score (nSPS) is 25.9. The minimum Gasteiger partial charge on any atom is -0.483 e. The summed E-state index contributed by atoms with van der Waals surface area (Å²) in [6.07, 6.45) is 7.84. The Morgan fingerprint density at radius 3 is 2.37 bits per heavy atom. The maximum Gasteiger partial charge on any atom is 0.407 e. The fraction of sp³-hybridized carbons (Fsp3) is 0.737. The zero-order chi connectivity index (χ0) is 19.9. The topological polar surface area (TPSA) is 96.3 Å². The van der Waals surface area contributed by atoms with E-state index in [0.29, 0.717) is 12.0 Å². The predicted octanol–water partition coefficient (Wildman–Crippen LogP) is 2.67. The van der Waals surface area contributed by atoms with Gasteiger partial charge in [0.15, 0.2) is 5.88 Å². The van der Waals surface area contributed by atoms with Gasteiger partial charge < -0.3 is 25.4 Å². The average molecular weight is 380 g/mol. The van der Waals surface area contributed by atoms with E-state index in [1.807, 2.05) is 40.0 Å². The number of aliphatic imine (C=N–C) groups is 2. The molecule has 0 aromatic rings. The Hall–Kier alpha value is -2.25. The second-order valence-corrected chi connectivity index (χ2v) is 7.84. The van der Waals surface area contributed by atoms with Gasteiger partial charge in [0.2, 0.25) is 5.96 Å². The van der Waals surface area contributed by atoms with Gasteiger partial charge in [0.1, 0.15) is 11.8 Å². The van der Waals surface area contributed by atoms with Crippen LogP contribution in [0.4, 0.5) is 4.79 Å². The van der Waals surface area contributed by atoms with Crippen LogP contribution < -0.4 is 16.0 Å². The first-order valence-electron chi connectivity index (χ1n) is 9.67. The minimum absolute atomic E-state index is 0.110. The molecule has 8 nitrogen and oxygen atoms in total. The van der Waals surface area contributed by atoms with Crippen molar-refractivity contribution in [1.82, 2.24) is 16.0 Å². The van der Waals surface area contributed by atoms with Gasteiger partial charge in [-0.15, -0.1) is 0 Å². The molecule has 1 aliphatic carbocycles. The third-order valence-electron chi connectivity index (χ3n) is 4.26. The van der Waals surface area contributed by atoms with E-state index in [2.05, 4.69) is 25.9 Å². The number of amides is 1. The van der Waals surface area contributed by atoms with E-state index >= 15 is 0 Å². The number of alkyl carbamates (subject to hydrolysis) is 1. The van der Waals surface area contributed by atoms with E-state index in [1.165, 1.54) is 0 Å². The maximum absolute atomic E-state index is 11.9. The van der Waals surface area contributed by atoms with E-state index in [-0.39, 0.29) is 18.3 Å². The second-order valence-electron chi connectivity index (χ2n) is 7.84. The molecule has 0 radical (unpaired) electrons. The van der Waals surface area contributed by atoms with Gasteiger partial charge in [-0.1, -0.05) is 6.92 Å². The minimum atomic E-state index is -0.474. The summed E-state index contributed by atoms with van der Waals surface area (Å²) in [5, 5.41) is 9.49. The maximum atomic E-state index is 11.9. The third-order valence-corrected chi connectivity index (χ3v) is 4.26. The van der Waals surface area contributed by atoms with Crippen molar-refractivity contribution in [2.24, 2.45) is 9.98 Å². The number of nitrogens with zero attached hydrogens (tertiary/aromatic N) is 2. The highest BCUT2D eigenvalue weighted by atomic mass is 16.6. The van der Waals surface area contributed by atoms with Gasteiger partial charge in [0, 0.05) is 24.4 Å². The molecule has 1 aliphatic heterocycles. The van der Waals surface area contributed by atoms with Crippen molar-refractivity contribution in [2.75, 3.05) is 7.11 Å². The molecule has 1 atom stereocenters. The van der Waals surface area contributed by atoms with Crippen molar-refractivity contribution < 1.29 is 14.3 Å². The second kappa shape index (κ2) is 9.62. The molecule has 2 rings (SSSR count). The fourth-order valence-corrected chi connectivity index (χ4v) is 2.94. The predicted molar refractivity (Wildman–Crippen MR) is 107 cm³/mol. The van der Waals surface area contributed by atoms with Crippen molar-refractivity contribution in [3.63, 3.8) is 0 Å². The van der Waals surface area contributed by atoms with E-state index in [4.69, 9.17) is 9.47 Å². The summed E-state index contributed by atoms with van der Waals surface area (Å²) in [7, 11) is 1.62. The van der Waals surface area contributed by atoms with Crippen LogP contribution >= 0.6 is 0 Å². The molecule has 2 aliphatic rings. The number of hydrogen-bond acceptors (Lipinski definition) is 5. The van der Waals surface area contributed by atoms with Crippen LogP contribution in [-0.2, 0) is 9.47 Å². The van der Waals surface area contributed by atoms with E-state index in [0.717, 1.165) is 38.0 Å². The molecule has 1 amide bonds. The van der Waals surface area contributed by atoms with E-state index < -0.39 is 5.60 Å². The molecule has 1 unspecified atom stereocenters. The zero-order valence-corrected chi connectivity index (χ0v) is 17.0. The number of guanidine groups is 1. The molecule has 0 aromatic heterocycles. The van der Waals surface area contributed by atoms with Crippen molar-refractivity contribution in [1.29, 1.82) is 0 Å². The van der Waals surface area contributed by atoms with Crippen LogP contribution in [0.15, 0.2) is 21.9 Å². The lowest BCUT2D eigenvalue weighted by atomic mass is 9.91. The van der Waals surface area contributed by atoms with Gasteiger partial charge in [0.05, 0.1) is 7.11 Å². The van der Waals surface area contributed by atoms with Crippen LogP contribution in [0, 0.1) is 0 Å². The largest absolute Gasteiger partial charge is 0.483 e. The monoisotopic (exact) mass is 379 g/mol. The summed E-state index contributed by atoms with van der Waals surface area (Å²) in [5.41, 5.74) is -0.474. The number of ether oxygens (including phenoxy) is 2. The molecular weight excluding hydrogens is 346 g/mol. The molecule has 1 heterocycles. The SMILES string of the molecule is CC/C=N\C(=N/C1C=C(OC)N1)NC1CCC(NC(=O)OC(C)(C)C)CC1.